The summed E-state index contributed by atoms with van der Waals surface area (Å²) >= 11 is 7.49. The Balaban J connectivity index is 1.59. The van der Waals surface area contributed by atoms with Gasteiger partial charge in [0, 0.05) is 10.8 Å². The number of benzene rings is 2. The van der Waals surface area contributed by atoms with Crippen LogP contribution in [0.2, 0.25) is 5.02 Å². The fourth-order valence-electron chi connectivity index (χ4n) is 2.16. The highest BCUT2D eigenvalue weighted by Crippen LogP contribution is 2.21. The summed E-state index contributed by atoms with van der Waals surface area (Å²) in [5.41, 5.74) is 2.15. The third-order valence-electron chi connectivity index (χ3n) is 3.58. The zero-order valence-corrected chi connectivity index (χ0v) is 16.8. The van der Waals surface area contributed by atoms with E-state index < -0.39 is 0 Å². The first kappa shape index (κ1) is 19.5. The second kappa shape index (κ2) is 9.58. The molecule has 2 aromatic carbocycles. The van der Waals surface area contributed by atoms with Crippen LogP contribution in [0, 0.1) is 5.92 Å². The smallest absolute Gasteiger partial charge is 0.212 e. The highest BCUT2D eigenvalue weighted by molar-refractivity contribution is 7.98. The number of rotatable bonds is 8. The van der Waals surface area contributed by atoms with Crippen molar-refractivity contribution in [2.75, 3.05) is 6.61 Å². The number of thioether (sulfide) groups is 1. The topological polar surface area (TPSA) is 52.3 Å². The first-order valence-electron chi connectivity index (χ1n) is 8.64. The van der Waals surface area contributed by atoms with Crippen LogP contribution in [0.4, 0.5) is 0 Å². The van der Waals surface area contributed by atoms with Crippen molar-refractivity contribution in [2.24, 2.45) is 11.0 Å². The molecule has 3 rings (SSSR count). The van der Waals surface area contributed by atoms with Crippen molar-refractivity contribution in [3.8, 4) is 5.75 Å². The second-order valence-electron chi connectivity index (χ2n) is 6.39. The molecule has 0 amide bonds. The summed E-state index contributed by atoms with van der Waals surface area (Å²) in [6.07, 6.45) is 3.38. The summed E-state index contributed by atoms with van der Waals surface area (Å²) in [6, 6.07) is 15.6. The minimum absolute atomic E-state index is 0.503. The summed E-state index contributed by atoms with van der Waals surface area (Å²) in [7, 11) is 0. The highest BCUT2D eigenvalue weighted by Gasteiger charge is 2.05. The molecule has 27 heavy (non-hydrogen) atoms. The minimum Gasteiger partial charge on any atom is -0.493 e. The molecule has 7 heteroatoms. The molecule has 0 aliphatic carbocycles. The van der Waals surface area contributed by atoms with E-state index in [4.69, 9.17) is 16.3 Å². The van der Waals surface area contributed by atoms with Crippen LogP contribution >= 0.6 is 23.4 Å². The second-order valence-corrected chi connectivity index (χ2v) is 7.77. The van der Waals surface area contributed by atoms with E-state index in [9.17, 15) is 0 Å². The van der Waals surface area contributed by atoms with Gasteiger partial charge in [-0.2, -0.15) is 9.78 Å². The zero-order valence-electron chi connectivity index (χ0n) is 15.2. The molecule has 3 aromatic rings. The average molecular weight is 401 g/mol. The molecule has 0 unspecified atom stereocenters. The van der Waals surface area contributed by atoms with Crippen LogP contribution in [0.5, 0.6) is 5.75 Å². The van der Waals surface area contributed by atoms with Gasteiger partial charge in [-0.3, -0.25) is 0 Å². The Morgan fingerprint density at radius 3 is 2.59 bits per heavy atom. The Kier molecular flexibility index (Phi) is 6.90. The van der Waals surface area contributed by atoms with Gasteiger partial charge in [-0.15, -0.1) is 10.2 Å². The molecule has 0 bridgehead atoms. The maximum Gasteiger partial charge on any atom is 0.212 e. The summed E-state index contributed by atoms with van der Waals surface area (Å²) in [5, 5.41) is 14.0. The van der Waals surface area contributed by atoms with E-state index in [-0.39, 0.29) is 0 Å². The van der Waals surface area contributed by atoms with E-state index in [2.05, 4.69) is 29.1 Å². The number of halogens is 1. The molecule has 0 radical (unpaired) electrons. The van der Waals surface area contributed by atoms with Crippen LogP contribution in [0.3, 0.4) is 0 Å². The average Bonchev–Trinajstić information content (AvgIpc) is 3.12. The molecule has 0 aliphatic heterocycles. The predicted molar refractivity (Wildman–Crippen MR) is 111 cm³/mol. The molecular weight excluding hydrogens is 380 g/mol. The van der Waals surface area contributed by atoms with Gasteiger partial charge in [0.25, 0.3) is 0 Å². The molecule has 0 N–H and O–H groups in total. The van der Waals surface area contributed by atoms with Crippen molar-refractivity contribution in [1.82, 2.24) is 14.9 Å². The summed E-state index contributed by atoms with van der Waals surface area (Å²) in [4.78, 5) is 0. The summed E-state index contributed by atoms with van der Waals surface area (Å²) in [6.45, 7) is 4.97. The molecule has 0 fully saturated rings. The van der Waals surface area contributed by atoms with Gasteiger partial charge in [0.2, 0.25) is 5.16 Å². The molecule has 1 aromatic heterocycles. The Hall–Kier alpha value is -2.31. The molecule has 0 saturated heterocycles. The van der Waals surface area contributed by atoms with Gasteiger partial charge in [-0.05, 0) is 53.4 Å². The van der Waals surface area contributed by atoms with E-state index in [0.717, 1.165) is 27.2 Å². The molecule has 0 aliphatic rings. The molecule has 0 atom stereocenters. The van der Waals surface area contributed by atoms with Gasteiger partial charge in [-0.25, -0.2) is 0 Å². The van der Waals surface area contributed by atoms with Crippen molar-refractivity contribution < 1.29 is 4.74 Å². The lowest BCUT2D eigenvalue weighted by Gasteiger charge is -2.08. The van der Waals surface area contributed by atoms with Crippen LogP contribution < -0.4 is 4.74 Å². The van der Waals surface area contributed by atoms with Crippen molar-refractivity contribution in [3.63, 3.8) is 0 Å². The molecule has 0 saturated carbocycles. The molecular formula is C20H21ClN4OS. The van der Waals surface area contributed by atoms with Gasteiger partial charge < -0.3 is 4.74 Å². The van der Waals surface area contributed by atoms with Crippen molar-refractivity contribution in [1.29, 1.82) is 0 Å². The van der Waals surface area contributed by atoms with E-state index in [1.807, 2.05) is 48.5 Å². The Bertz CT molecular complexity index is 876. The Labute approximate surface area is 168 Å². The van der Waals surface area contributed by atoms with Gasteiger partial charge in [-0.1, -0.05) is 49.3 Å². The molecule has 1 heterocycles. The third-order valence-corrected chi connectivity index (χ3v) is 4.83. The standard InChI is InChI=1S/C20H21ClN4OS/c1-15(2)12-26-19-9-5-16(6-10-19)11-23-25-14-22-24-20(25)27-13-17-3-7-18(21)8-4-17/h3-11,14-15H,12-13H2,1-2H3/b23-11+. The van der Waals surface area contributed by atoms with Gasteiger partial charge in [0.05, 0.1) is 12.8 Å². The maximum atomic E-state index is 5.92. The van der Waals surface area contributed by atoms with Gasteiger partial charge in [0.1, 0.15) is 12.1 Å². The van der Waals surface area contributed by atoms with E-state index in [1.165, 1.54) is 5.56 Å². The monoisotopic (exact) mass is 400 g/mol. The van der Waals surface area contributed by atoms with Gasteiger partial charge >= 0.3 is 0 Å². The van der Waals surface area contributed by atoms with Gasteiger partial charge in [0.15, 0.2) is 0 Å². The number of hydrogen-bond donors (Lipinski definition) is 0. The van der Waals surface area contributed by atoms with Crippen LogP contribution in [-0.4, -0.2) is 27.7 Å². The van der Waals surface area contributed by atoms with Crippen LogP contribution in [-0.2, 0) is 5.75 Å². The zero-order chi connectivity index (χ0) is 19.1. The van der Waals surface area contributed by atoms with Crippen LogP contribution in [0.1, 0.15) is 25.0 Å². The first-order chi connectivity index (χ1) is 13.1. The highest BCUT2D eigenvalue weighted by atomic mass is 35.5. The van der Waals surface area contributed by atoms with E-state index >= 15 is 0 Å². The van der Waals surface area contributed by atoms with Crippen LogP contribution in [0.25, 0.3) is 0 Å². The normalized spacial score (nSPS) is 11.4. The van der Waals surface area contributed by atoms with Crippen molar-refractivity contribution in [2.45, 2.75) is 24.8 Å². The fourth-order valence-corrected chi connectivity index (χ4v) is 3.11. The SMILES string of the molecule is CC(C)COc1ccc(/C=N/n2cnnc2SCc2ccc(Cl)cc2)cc1. The Morgan fingerprint density at radius 2 is 1.89 bits per heavy atom. The molecule has 5 nitrogen and oxygen atoms in total. The lowest BCUT2D eigenvalue weighted by molar-refractivity contribution is 0.271. The Morgan fingerprint density at radius 1 is 1.15 bits per heavy atom. The number of aromatic nitrogens is 3. The first-order valence-corrected chi connectivity index (χ1v) is 10.0. The largest absolute Gasteiger partial charge is 0.493 e. The lowest BCUT2D eigenvalue weighted by atomic mass is 10.2. The lowest BCUT2D eigenvalue weighted by Crippen LogP contribution is -2.04. The summed E-state index contributed by atoms with van der Waals surface area (Å²) in [5.74, 6) is 2.14. The molecule has 140 valence electrons. The van der Waals surface area contributed by atoms with Crippen LogP contribution in [0.15, 0.2) is 65.1 Å². The molecule has 0 spiro atoms. The third kappa shape index (κ3) is 6.12. The fraction of sp³-hybridized carbons (Fsp3) is 0.250. The van der Waals surface area contributed by atoms with E-state index in [0.29, 0.717) is 12.5 Å². The number of hydrogen-bond acceptors (Lipinski definition) is 5. The maximum absolute atomic E-state index is 5.92. The summed E-state index contributed by atoms with van der Waals surface area (Å²) < 4.78 is 7.36. The van der Waals surface area contributed by atoms with Crippen molar-refractivity contribution in [3.05, 3.63) is 71.0 Å². The minimum atomic E-state index is 0.503. The predicted octanol–water partition coefficient (Wildman–Crippen LogP) is 5.14. The quantitative estimate of drug-likeness (QED) is 0.388. The van der Waals surface area contributed by atoms with Crippen molar-refractivity contribution >= 4 is 29.6 Å². The van der Waals surface area contributed by atoms with E-state index in [1.54, 1.807) is 29.0 Å². The number of nitrogens with zero attached hydrogens (tertiary/aromatic N) is 4. The number of ether oxygens (including phenoxy) is 1.